The van der Waals surface area contributed by atoms with Gasteiger partial charge in [-0.15, -0.1) is 0 Å². The molecular formula is C51H67N5O12. The van der Waals surface area contributed by atoms with E-state index in [0.29, 0.717) is 58.9 Å². The number of amides is 1. The van der Waals surface area contributed by atoms with Crippen molar-refractivity contribution >= 4 is 29.4 Å². The summed E-state index contributed by atoms with van der Waals surface area (Å²) in [5.74, 6) is -2.00. The minimum absolute atomic E-state index is 0.0374. The van der Waals surface area contributed by atoms with Crippen molar-refractivity contribution in [1.29, 1.82) is 0 Å². The highest BCUT2D eigenvalue weighted by Crippen LogP contribution is 2.69. The molecule has 2 aromatic rings. The van der Waals surface area contributed by atoms with E-state index < -0.39 is 82.9 Å². The molecular weight excluding hydrogens is 875 g/mol. The second-order valence-electron chi connectivity index (χ2n) is 21.0. The fourth-order valence-corrected chi connectivity index (χ4v) is 11.4. The van der Waals surface area contributed by atoms with Crippen LogP contribution in [-0.2, 0) is 30.2 Å². The Hall–Kier alpha value is -4.88. The van der Waals surface area contributed by atoms with E-state index in [0.717, 1.165) is 12.0 Å². The van der Waals surface area contributed by atoms with Crippen molar-refractivity contribution in [2.24, 2.45) is 17.8 Å². The van der Waals surface area contributed by atoms with Gasteiger partial charge >= 0.3 is 0 Å². The van der Waals surface area contributed by atoms with Crippen molar-refractivity contribution in [2.45, 2.75) is 161 Å². The van der Waals surface area contributed by atoms with Gasteiger partial charge in [0.05, 0.1) is 36.1 Å². The summed E-state index contributed by atoms with van der Waals surface area (Å²) in [6.45, 7) is 19.2. The third-order valence-electron chi connectivity index (χ3n) is 14.8. The van der Waals surface area contributed by atoms with E-state index in [9.17, 15) is 25.2 Å². The maximum Gasteiger partial charge on any atom is 0.246 e. The molecule has 6 unspecified atom stereocenters. The number of carbonyl (C=O) groups is 2. The third kappa shape index (κ3) is 7.72. The second kappa shape index (κ2) is 17.5. The maximum atomic E-state index is 15.4. The van der Waals surface area contributed by atoms with Crippen LogP contribution in [0.15, 0.2) is 52.9 Å². The number of nitrogens with zero attached hydrogens (tertiary/aromatic N) is 3. The Morgan fingerprint density at radius 2 is 1.81 bits per heavy atom. The number of ketones is 1. The van der Waals surface area contributed by atoms with E-state index in [1.54, 1.807) is 31.5 Å². The number of aliphatic hydroxyl groups is 4. The third-order valence-corrected chi connectivity index (χ3v) is 14.8. The average Bonchev–Trinajstić information content (AvgIpc) is 3.76. The number of Topliss-reactive ketones (excluding diaryl/α,β-unsaturated/α-hetero) is 1. The summed E-state index contributed by atoms with van der Waals surface area (Å²) in [7, 11) is 0. The number of benzene rings is 1. The van der Waals surface area contributed by atoms with Gasteiger partial charge in [-0.25, -0.2) is 4.68 Å². The van der Waals surface area contributed by atoms with Gasteiger partial charge in [0.2, 0.25) is 18.1 Å². The van der Waals surface area contributed by atoms with Gasteiger partial charge < -0.3 is 59.5 Å². The van der Waals surface area contributed by atoms with Gasteiger partial charge in [-0.05, 0) is 99.1 Å². The molecule has 11 atom stereocenters. The van der Waals surface area contributed by atoms with Crippen molar-refractivity contribution in [1.82, 2.24) is 20.1 Å². The molecule has 1 aromatic carbocycles. The molecule has 5 fully saturated rings. The molecule has 5 aliphatic heterocycles. The molecule has 2 saturated heterocycles. The predicted octanol–water partition coefficient (Wildman–Crippen LogP) is 5.23. The number of aliphatic hydroxyl groups excluding tert-OH is 3. The lowest BCUT2D eigenvalue weighted by molar-refractivity contribution is -0.373. The number of aromatic nitrogens is 3. The molecule has 6 N–H and O–H groups in total. The quantitative estimate of drug-likeness (QED) is 0.112. The molecule has 1 amide bonds. The zero-order chi connectivity index (χ0) is 48.8. The standard InChI is InChI=1S/C51H67N5O12/c1-25(2)12-11-17-49(10)18-16-30-40(67-49)29(14-13-26(3)4)42-34(41(30)65-46-39(59)38(58)43-33(64-46)23-63-48(8,9)66-43)36-35-37(56-47(55-36)53-24-54-56)31-22-32(27(5)6)51(35,68-42)50(62,44(31)60)19-15-28(7)45(61)52-20-21-57/h12-13,15-16,18,24,27,31-33,37-39,43,46,57-59,62H,11,14,17,19-23H2,1-10H3,(H,52,61)(H,53,54,55)/b28-15-/t31?,32?,33-,37?,38-,39-,43-,46+,49?,50?,51?/m0/s1. The van der Waals surface area contributed by atoms with Gasteiger partial charge in [0.25, 0.3) is 0 Å². The maximum absolute atomic E-state index is 15.4. The van der Waals surface area contributed by atoms with Crippen LogP contribution in [0.2, 0.25) is 0 Å². The number of rotatable bonds is 13. The number of hydrogen-bond acceptors (Lipinski definition) is 15. The Bertz CT molecular complexity index is 2530. The zero-order valence-electron chi connectivity index (χ0n) is 40.7. The molecule has 1 spiro atoms. The summed E-state index contributed by atoms with van der Waals surface area (Å²) in [6, 6.07) is -0.744. The molecule has 8 aliphatic rings. The van der Waals surface area contributed by atoms with Crippen LogP contribution in [0.3, 0.4) is 0 Å². The zero-order valence-corrected chi connectivity index (χ0v) is 40.7. The van der Waals surface area contributed by atoms with Gasteiger partial charge in [0.15, 0.2) is 22.8 Å². The van der Waals surface area contributed by atoms with Gasteiger partial charge in [0, 0.05) is 41.5 Å². The van der Waals surface area contributed by atoms with Crippen LogP contribution in [0.4, 0.5) is 5.95 Å². The molecule has 68 heavy (non-hydrogen) atoms. The normalized spacial score (nSPS) is 33.8. The van der Waals surface area contributed by atoms with Crippen LogP contribution in [0.5, 0.6) is 17.2 Å². The highest BCUT2D eigenvalue weighted by Gasteiger charge is 2.77. The van der Waals surface area contributed by atoms with Gasteiger partial charge in [-0.1, -0.05) is 43.2 Å². The van der Waals surface area contributed by atoms with E-state index in [-0.39, 0.29) is 49.2 Å². The summed E-state index contributed by atoms with van der Waals surface area (Å²) in [6.07, 6.45) is 6.78. The summed E-state index contributed by atoms with van der Waals surface area (Å²) in [4.78, 5) is 33.2. The molecule has 17 nitrogen and oxygen atoms in total. The summed E-state index contributed by atoms with van der Waals surface area (Å²) >= 11 is 0. The monoisotopic (exact) mass is 941 g/mol. The summed E-state index contributed by atoms with van der Waals surface area (Å²) in [5.41, 5.74) is 0.318. The van der Waals surface area contributed by atoms with Crippen molar-refractivity contribution in [3.8, 4) is 17.2 Å². The molecule has 0 radical (unpaired) electrons. The molecule has 2 bridgehead atoms. The number of hydrogen-bond donors (Lipinski definition) is 6. The fraction of sp³-hybridized carbons (Fsp3) is 0.608. The Labute approximate surface area is 397 Å². The van der Waals surface area contributed by atoms with E-state index >= 15 is 4.79 Å². The van der Waals surface area contributed by atoms with Gasteiger partial charge in [-0.2, -0.15) is 10.1 Å². The minimum Gasteiger partial charge on any atom is -0.482 e. The number of allylic oxidation sites excluding steroid dienone is 4. The van der Waals surface area contributed by atoms with Crippen LogP contribution >= 0.6 is 0 Å². The van der Waals surface area contributed by atoms with Crippen molar-refractivity contribution < 1.29 is 58.4 Å². The molecule has 3 aliphatic carbocycles. The van der Waals surface area contributed by atoms with Gasteiger partial charge in [-0.3, -0.25) is 9.59 Å². The molecule has 368 valence electrons. The Morgan fingerprint density at radius 1 is 1.06 bits per heavy atom. The number of fused-ring (bicyclic) bond motifs is 7. The lowest BCUT2D eigenvalue weighted by Gasteiger charge is -2.65. The molecule has 6 heterocycles. The van der Waals surface area contributed by atoms with Crippen LogP contribution in [-0.4, -0.2) is 120 Å². The van der Waals surface area contributed by atoms with Crippen LogP contribution in [0.1, 0.15) is 118 Å². The minimum atomic E-state index is -2.22. The topological polar surface area (TPSA) is 225 Å². The SMILES string of the molecule is CC(C)=CCCC1(C)C=Cc2c(c(CC=C(C)C)c3c(c2O[C@H]2O[C@H]4COC(C)(C)O[C@@H]4[C@@H](O)[C@@H]2O)C2=C4C(C5CC(C(C)C)C4(O3)C(O)(C/C=C(/C)C(=O)NCCO)C5=O)n3ncnc3N2)O1. The van der Waals surface area contributed by atoms with Crippen LogP contribution in [0.25, 0.3) is 11.8 Å². The van der Waals surface area contributed by atoms with Crippen molar-refractivity contribution in [2.75, 3.05) is 25.1 Å². The summed E-state index contributed by atoms with van der Waals surface area (Å²) < 4.78 is 42.1. The largest absolute Gasteiger partial charge is 0.482 e. The number of ether oxygens (including phenoxy) is 6. The molecule has 10 rings (SSSR count). The lowest BCUT2D eigenvalue weighted by atomic mass is 9.46. The Balaban J connectivity index is 1.31. The van der Waals surface area contributed by atoms with Crippen LogP contribution < -0.4 is 24.8 Å². The Kier molecular flexibility index (Phi) is 12.4. The number of anilines is 1. The fourth-order valence-electron chi connectivity index (χ4n) is 11.4. The second-order valence-corrected chi connectivity index (χ2v) is 21.0. The van der Waals surface area contributed by atoms with Crippen LogP contribution in [0, 0.1) is 17.8 Å². The van der Waals surface area contributed by atoms with E-state index in [2.05, 4.69) is 60.6 Å². The molecule has 17 heteroatoms. The van der Waals surface area contributed by atoms with E-state index in [1.807, 2.05) is 32.9 Å². The first-order valence-electron chi connectivity index (χ1n) is 24.0. The highest BCUT2D eigenvalue weighted by molar-refractivity contribution is 6.02. The first kappa shape index (κ1) is 48.2. The predicted molar refractivity (Wildman–Crippen MR) is 250 cm³/mol. The van der Waals surface area contributed by atoms with E-state index in [1.165, 1.54) is 11.9 Å². The smallest absolute Gasteiger partial charge is 0.246 e. The highest BCUT2D eigenvalue weighted by atomic mass is 16.8. The molecule has 1 aromatic heterocycles. The lowest BCUT2D eigenvalue weighted by Crippen LogP contribution is -2.78. The van der Waals surface area contributed by atoms with Crippen molar-refractivity contribution in [3.63, 3.8) is 0 Å². The van der Waals surface area contributed by atoms with Gasteiger partial charge in [0.1, 0.15) is 53.6 Å². The average molecular weight is 942 g/mol. The van der Waals surface area contributed by atoms with Crippen molar-refractivity contribution in [3.05, 3.63) is 69.6 Å². The number of nitrogens with one attached hydrogen (secondary N) is 2. The summed E-state index contributed by atoms with van der Waals surface area (Å²) in [5, 5.41) is 57.5. The molecule has 3 saturated carbocycles. The first-order chi connectivity index (χ1) is 32.1. The first-order valence-corrected chi connectivity index (χ1v) is 24.0. The number of carbonyl (C=O) groups excluding carboxylic acids is 2. The Morgan fingerprint density at radius 3 is 2.51 bits per heavy atom. The van der Waals surface area contributed by atoms with E-state index in [4.69, 9.17) is 28.4 Å².